The number of benzene rings is 1. The first-order valence-electron chi connectivity index (χ1n) is 7.43. The molecule has 0 atom stereocenters. The molecule has 0 aliphatic carbocycles. The molecular weight excluding hydrogens is 268 g/mol. The summed E-state index contributed by atoms with van der Waals surface area (Å²) >= 11 is 0. The Hall–Kier alpha value is -1.66. The summed E-state index contributed by atoms with van der Waals surface area (Å²) in [5.41, 5.74) is 7.53. The minimum absolute atomic E-state index is 0.109. The van der Waals surface area contributed by atoms with Crippen LogP contribution in [0.4, 0.5) is 11.4 Å². The Bertz CT molecular complexity index is 496. The van der Waals surface area contributed by atoms with E-state index in [4.69, 9.17) is 5.73 Å². The van der Waals surface area contributed by atoms with E-state index in [2.05, 4.69) is 23.6 Å². The van der Waals surface area contributed by atoms with Gasteiger partial charge >= 0.3 is 0 Å². The lowest BCUT2D eigenvalue weighted by Crippen LogP contribution is -2.46. The SMILES string of the molecule is CC(C)CN1CCN(Cc2cc([N+](=O)[O-])ccc2N)CC1. The van der Waals surface area contributed by atoms with Crippen molar-refractivity contribution >= 4 is 11.4 Å². The van der Waals surface area contributed by atoms with E-state index in [1.165, 1.54) is 6.07 Å². The highest BCUT2D eigenvalue weighted by Crippen LogP contribution is 2.21. The van der Waals surface area contributed by atoms with Crippen LogP contribution < -0.4 is 5.73 Å². The van der Waals surface area contributed by atoms with E-state index < -0.39 is 0 Å². The van der Waals surface area contributed by atoms with Crippen LogP contribution in [-0.2, 0) is 6.54 Å². The minimum atomic E-state index is -0.372. The Morgan fingerprint density at radius 1 is 1.24 bits per heavy atom. The minimum Gasteiger partial charge on any atom is -0.398 e. The number of nitrogens with zero attached hydrogens (tertiary/aromatic N) is 3. The van der Waals surface area contributed by atoms with Gasteiger partial charge in [-0.15, -0.1) is 0 Å². The molecule has 0 aromatic heterocycles. The molecule has 1 aromatic rings. The van der Waals surface area contributed by atoms with Crippen molar-refractivity contribution in [2.45, 2.75) is 20.4 Å². The first-order valence-corrected chi connectivity index (χ1v) is 7.43. The number of non-ortho nitro benzene ring substituents is 1. The lowest BCUT2D eigenvalue weighted by molar-refractivity contribution is -0.384. The van der Waals surface area contributed by atoms with Gasteiger partial charge in [0.05, 0.1) is 4.92 Å². The standard InChI is InChI=1S/C15H24N4O2/c1-12(2)10-17-5-7-18(8-6-17)11-13-9-14(19(20)21)3-4-15(13)16/h3-4,9,12H,5-8,10-11,16H2,1-2H3. The molecule has 2 N–H and O–H groups in total. The molecule has 0 spiro atoms. The average molecular weight is 292 g/mol. The summed E-state index contributed by atoms with van der Waals surface area (Å²) in [5, 5.41) is 10.8. The number of nitrogens with two attached hydrogens (primary N) is 1. The van der Waals surface area contributed by atoms with Crippen LogP contribution in [0.25, 0.3) is 0 Å². The van der Waals surface area contributed by atoms with Crippen molar-refractivity contribution in [2.75, 3.05) is 38.5 Å². The second kappa shape index (κ2) is 6.87. The van der Waals surface area contributed by atoms with Crippen LogP contribution in [-0.4, -0.2) is 47.4 Å². The smallest absolute Gasteiger partial charge is 0.269 e. The van der Waals surface area contributed by atoms with Gasteiger partial charge in [0.15, 0.2) is 0 Å². The van der Waals surface area contributed by atoms with Crippen LogP contribution >= 0.6 is 0 Å². The number of rotatable bonds is 5. The van der Waals surface area contributed by atoms with Gasteiger partial charge in [-0.1, -0.05) is 13.8 Å². The zero-order valence-corrected chi connectivity index (χ0v) is 12.8. The average Bonchev–Trinajstić information content (AvgIpc) is 2.42. The van der Waals surface area contributed by atoms with Crippen molar-refractivity contribution in [3.8, 4) is 0 Å². The molecule has 0 radical (unpaired) electrons. The summed E-state index contributed by atoms with van der Waals surface area (Å²) in [6, 6.07) is 4.68. The monoisotopic (exact) mass is 292 g/mol. The van der Waals surface area contributed by atoms with Crippen LogP contribution in [0.2, 0.25) is 0 Å². The summed E-state index contributed by atoms with van der Waals surface area (Å²) in [6.07, 6.45) is 0. The van der Waals surface area contributed by atoms with Crippen LogP contribution in [0.5, 0.6) is 0 Å². The van der Waals surface area contributed by atoms with E-state index in [1.54, 1.807) is 12.1 Å². The second-order valence-corrected chi connectivity index (χ2v) is 6.11. The Labute approximate surface area is 125 Å². The maximum Gasteiger partial charge on any atom is 0.269 e. The predicted molar refractivity (Wildman–Crippen MR) is 84.1 cm³/mol. The molecule has 0 unspecified atom stereocenters. The lowest BCUT2D eigenvalue weighted by atomic mass is 10.1. The second-order valence-electron chi connectivity index (χ2n) is 6.11. The molecule has 1 aliphatic heterocycles. The number of nitrogen functional groups attached to an aromatic ring is 1. The van der Waals surface area contributed by atoms with Gasteiger partial charge in [0.25, 0.3) is 5.69 Å². The Balaban J connectivity index is 1.94. The molecule has 2 rings (SSSR count). The van der Waals surface area contributed by atoms with Crippen molar-refractivity contribution < 1.29 is 4.92 Å². The maximum absolute atomic E-state index is 10.8. The van der Waals surface area contributed by atoms with Gasteiger partial charge in [-0.2, -0.15) is 0 Å². The number of hydrogen-bond donors (Lipinski definition) is 1. The van der Waals surface area contributed by atoms with E-state index in [9.17, 15) is 10.1 Å². The molecule has 21 heavy (non-hydrogen) atoms. The van der Waals surface area contributed by atoms with Crippen molar-refractivity contribution in [1.29, 1.82) is 0 Å². The Morgan fingerprint density at radius 3 is 2.43 bits per heavy atom. The third kappa shape index (κ3) is 4.41. The van der Waals surface area contributed by atoms with E-state index in [0.717, 1.165) is 38.3 Å². The third-order valence-corrected chi connectivity index (χ3v) is 3.82. The highest BCUT2D eigenvalue weighted by Gasteiger charge is 2.19. The first-order chi connectivity index (χ1) is 9.95. The summed E-state index contributed by atoms with van der Waals surface area (Å²) in [7, 11) is 0. The topological polar surface area (TPSA) is 75.6 Å². The largest absolute Gasteiger partial charge is 0.398 e. The van der Waals surface area contributed by atoms with Crippen LogP contribution in [0.15, 0.2) is 18.2 Å². The zero-order valence-electron chi connectivity index (χ0n) is 12.8. The molecule has 1 fully saturated rings. The summed E-state index contributed by atoms with van der Waals surface area (Å²) < 4.78 is 0. The van der Waals surface area contributed by atoms with Crippen LogP contribution in [0.1, 0.15) is 19.4 Å². The summed E-state index contributed by atoms with van der Waals surface area (Å²) in [4.78, 5) is 15.3. The fourth-order valence-corrected chi connectivity index (χ4v) is 2.73. The van der Waals surface area contributed by atoms with Crippen molar-refractivity contribution in [3.05, 3.63) is 33.9 Å². The van der Waals surface area contributed by atoms with Crippen molar-refractivity contribution in [1.82, 2.24) is 9.80 Å². The molecule has 0 amide bonds. The van der Waals surface area contributed by atoms with Gasteiger partial charge in [0, 0.05) is 57.1 Å². The molecule has 116 valence electrons. The van der Waals surface area contributed by atoms with E-state index in [-0.39, 0.29) is 10.6 Å². The van der Waals surface area contributed by atoms with Crippen molar-refractivity contribution in [2.24, 2.45) is 5.92 Å². The van der Waals surface area contributed by atoms with Gasteiger partial charge in [0.2, 0.25) is 0 Å². The molecule has 1 aromatic carbocycles. The fourth-order valence-electron chi connectivity index (χ4n) is 2.73. The zero-order chi connectivity index (χ0) is 15.4. The molecule has 6 heteroatoms. The molecule has 1 heterocycles. The summed E-state index contributed by atoms with van der Waals surface area (Å²) in [6.45, 7) is 10.3. The maximum atomic E-state index is 10.8. The molecule has 1 aliphatic rings. The predicted octanol–water partition coefficient (Wildman–Crippen LogP) is 1.95. The molecule has 0 saturated carbocycles. The normalized spacial score (nSPS) is 17.3. The lowest BCUT2D eigenvalue weighted by Gasteiger charge is -2.35. The first kappa shape index (κ1) is 15.7. The van der Waals surface area contributed by atoms with Crippen LogP contribution in [0, 0.1) is 16.0 Å². The highest BCUT2D eigenvalue weighted by atomic mass is 16.6. The van der Waals surface area contributed by atoms with Gasteiger partial charge in [0.1, 0.15) is 0 Å². The quantitative estimate of drug-likeness (QED) is 0.510. The number of hydrogen-bond acceptors (Lipinski definition) is 5. The molecule has 0 bridgehead atoms. The summed E-state index contributed by atoms with van der Waals surface area (Å²) in [5.74, 6) is 0.684. The third-order valence-electron chi connectivity index (χ3n) is 3.82. The van der Waals surface area contributed by atoms with E-state index >= 15 is 0 Å². The van der Waals surface area contributed by atoms with E-state index in [0.29, 0.717) is 18.2 Å². The molecular formula is C15H24N4O2. The molecule has 6 nitrogen and oxygen atoms in total. The Kier molecular flexibility index (Phi) is 5.14. The van der Waals surface area contributed by atoms with Crippen molar-refractivity contribution in [3.63, 3.8) is 0 Å². The van der Waals surface area contributed by atoms with Gasteiger partial charge in [-0.05, 0) is 17.5 Å². The number of anilines is 1. The van der Waals surface area contributed by atoms with Gasteiger partial charge in [-0.25, -0.2) is 0 Å². The molecule has 1 saturated heterocycles. The number of nitro groups is 1. The fraction of sp³-hybridized carbons (Fsp3) is 0.600. The van der Waals surface area contributed by atoms with E-state index in [1.807, 2.05) is 0 Å². The highest BCUT2D eigenvalue weighted by molar-refractivity contribution is 5.52. The van der Waals surface area contributed by atoms with Gasteiger partial charge in [-0.3, -0.25) is 15.0 Å². The van der Waals surface area contributed by atoms with Gasteiger partial charge < -0.3 is 10.6 Å². The Morgan fingerprint density at radius 2 is 1.86 bits per heavy atom. The van der Waals surface area contributed by atoms with Crippen LogP contribution in [0.3, 0.4) is 0 Å². The number of piperazine rings is 1. The number of nitro benzene ring substituents is 1.